The molecule has 9 aromatic carbocycles. The highest BCUT2D eigenvalue weighted by Crippen LogP contribution is 2.49. The van der Waals surface area contributed by atoms with E-state index in [1.165, 1.54) is 49.0 Å². The van der Waals surface area contributed by atoms with Gasteiger partial charge in [0.05, 0.1) is 22.1 Å². The Hall–Kier alpha value is -7.89. The van der Waals surface area contributed by atoms with Crippen molar-refractivity contribution >= 4 is 65.2 Å². The fourth-order valence-corrected chi connectivity index (χ4v) is 10.9. The van der Waals surface area contributed by atoms with Crippen molar-refractivity contribution in [2.75, 3.05) is 0 Å². The highest BCUT2D eigenvalue weighted by atomic mass is 15.2. The summed E-state index contributed by atoms with van der Waals surface area (Å²) in [5.74, 6) is 1.85. The molecule has 0 saturated heterocycles. The summed E-state index contributed by atoms with van der Waals surface area (Å²) in [6.45, 7) is 9.65. The fraction of sp³-hybridized carbons (Fsp3) is 0.131. The van der Waals surface area contributed by atoms with Crippen molar-refractivity contribution in [1.82, 2.24) is 24.1 Å². The van der Waals surface area contributed by atoms with Crippen LogP contribution >= 0.6 is 0 Å². The molecular weight excluding hydrogens is 803 g/mol. The molecule has 1 aliphatic rings. The quantitative estimate of drug-likeness (QED) is 0.173. The number of rotatable bonds is 5. The molecule has 0 amide bonds. The molecule has 66 heavy (non-hydrogen) atoms. The predicted octanol–water partition coefficient (Wildman–Crippen LogP) is 15.7. The molecule has 0 spiro atoms. The smallest absolute Gasteiger partial charge is 0.238 e. The molecule has 0 aliphatic heterocycles. The second-order valence-electron chi connectivity index (χ2n) is 19.5. The molecule has 3 aromatic heterocycles. The maximum Gasteiger partial charge on any atom is 0.238 e. The van der Waals surface area contributed by atoms with E-state index in [0.717, 1.165) is 68.1 Å². The molecule has 3 heterocycles. The van der Waals surface area contributed by atoms with Gasteiger partial charge in [0.1, 0.15) is 0 Å². The Balaban J connectivity index is 1.14. The summed E-state index contributed by atoms with van der Waals surface area (Å²) in [6, 6.07) is 68.1. The van der Waals surface area contributed by atoms with Crippen LogP contribution < -0.4 is 0 Å². The zero-order chi connectivity index (χ0) is 44.3. The first kappa shape index (κ1) is 38.6. The molecule has 0 unspecified atom stereocenters. The number of aromatic nitrogens is 5. The van der Waals surface area contributed by atoms with Gasteiger partial charge in [-0.2, -0.15) is 9.97 Å². The second kappa shape index (κ2) is 14.3. The number of fused-ring (bicyclic) bond motifs is 9. The molecule has 316 valence electrons. The predicted molar refractivity (Wildman–Crippen MR) is 275 cm³/mol. The van der Waals surface area contributed by atoms with Crippen LogP contribution in [0.2, 0.25) is 0 Å². The standard InChI is InChI=1S/C61H47N5/c1-60(2)30-31-61(3,4)52-36-54-50(35-51(52)60)49-34-48-46-25-12-13-27-53(46)65(44-22-6-5-7-23-44)55(48)37-56(49)66(54)59-63-57(62-58(64-59)47-26-15-19-39-17-10-11-24-45(39)47)43-21-14-20-41(33-43)42-29-28-38-16-8-9-18-40(38)32-42/h5-29,32-37H,30-31H2,1-4H3. The van der Waals surface area contributed by atoms with Crippen LogP contribution in [0, 0.1) is 0 Å². The molecule has 1 aliphatic carbocycles. The van der Waals surface area contributed by atoms with Gasteiger partial charge in [0.2, 0.25) is 5.95 Å². The van der Waals surface area contributed by atoms with E-state index in [2.05, 4.69) is 225 Å². The van der Waals surface area contributed by atoms with Crippen molar-refractivity contribution in [3.8, 4) is 45.5 Å². The van der Waals surface area contributed by atoms with Crippen LogP contribution in [0.25, 0.3) is 111 Å². The van der Waals surface area contributed by atoms with Gasteiger partial charge in [-0.1, -0.05) is 161 Å². The molecular formula is C61H47N5. The monoisotopic (exact) mass is 849 g/mol. The van der Waals surface area contributed by atoms with Crippen molar-refractivity contribution in [3.05, 3.63) is 199 Å². The molecule has 0 radical (unpaired) electrons. The van der Waals surface area contributed by atoms with Crippen LogP contribution in [0.5, 0.6) is 0 Å². The molecule has 5 heteroatoms. The maximum atomic E-state index is 5.55. The summed E-state index contributed by atoms with van der Waals surface area (Å²) in [6.07, 6.45) is 2.25. The number of hydrogen-bond donors (Lipinski definition) is 0. The summed E-state index contributed by atoms with van der Waals surface area (Å²) in [7, 11) is 0. The van der Waals surface area contributed by atoms with Gasteiger partial charge in [-0.3, -0.25) is 4.57 Å². The number of para-hydroxylation sites is 2. The van der Waals surface area contributed by atoms with Crippen LogP contribution in [0.15, 0.2) is 188 Å². The lowest BCUT2D eigenvalue weighted by molar-refractivity contribution is 0.332. The third kappa shape index (κ3) is 5.96. The van der Waals surface area contributed by atoms with E-state index in [-0.39, 0.29) is 10.8 Å². The first-order valence-corrected chi connectivity index (χ1v) is 23.1. The minimum absolute atomic E-state index is 0.00723. The molecule has 13 rings (SSSR count). The van der Waals surface area contributed by atoms with Gasteiger partial charge in [0.25, 0.3) is 0 Å². The molecule has 0 bridgehead atoms. The second-order valence-corrected chi connectivity index (χ2v) is 19.5. The van der Waals surface area contributed by atoms with Crippen LogP contribution in [-0.4, -0.2) is 24.1 Å². The lowest BCUT2D eigenvalue weighted by atomic mass is 9.63. The van der Waals surface area contributed by atoms with Gasteiger partial charge >= 0.3 is 0 Å². The Bertz CT molecular complexity index is 3940. The van der Waals surface area contributed by atoms with E-state index in [0.29, 0.717) is 17.6 Å². The lowest BCUT2D eigenvalue weighted by Gasteiger charge is -2.42. The van der Waals surface area contributed by atoms with Crippen LogP contribution in [0.1, 0.15) is 51.7 Å². The summed E-state index contributed by atoms with van der Waals surface area (Å²) < 4.78 is 4.74. The van der Waals surface area contributed by atoms with E-state index >= 15 is 0 Å². The van der Waals surface area contributed by atoms with Crippen molar-refractivity contribution in [1.29, 1.82) is 0 Å². The van der Waals surface area contributed by atoms with Gasteiger partial charge < -0.3 is 4.57 Å². The van der Waals surface area contributed by atoms with Crippen LogP contribution in [0.3, 0.4) is 0 Å². The van der Waals surface area contributed by atoms with Gasteiger partial charge in [-0.15, -0.1) is 0 Å². The minimum Gasteiger partial charge on any atom is -0.309 e. The van der Waals surface area contributed by atoms with E-state index in [1.807, 2.05) is 0 Å². The largest absolute Gasteiger partial charge is 0.309 e. The minimum atomic E-state index is -0.00723. The summed E-state index contributed by atoms with van der Waals surface area (Å²) in [5.41, 5.74) is 12.6. The highest BCUT2D eigenvalue weighted by Gasteiger charge is 2.38. The first-order chi connectivity index (χ1) is 32.2. The molecule has 5 nitrogen and oxygen atoms in total. The summed E-state index contributed by atoms with van der Waals surface area (Å²) in [4.78, 5) is 16.5. The molecule has 0 atom stereocenters. The van der Waals surface area contributed by atoms with Gasteiger partial charge in [-0.05, 0) is 122 Å². The average molecular weight is 850 g/mol. The maximum absolute atomic E-state index is 5.55. The Morgan fingerprint density at radius 1 is 0.364 bits per heavy atom. The molecule has 0 fully saturated rings. The third-order valence-corrected chi connectivity index (χ3v) is 14.6. The molecule has 0 N–H and O–H groups in total. The van der Waals surface area contributed by atoms with Crippen molar-refractivity contribution in [3.63, 3.8) is 0 Å². The Morgan fingerprint density at radius 2 is 0.955 bits per heavy atom. The van der Waals surface area contributed by atoms with E-state index in [9.17, 15) is 0 Å². The number of hydrogen-bond acceptors (Lipinski definition) is 3. The average Bonchev–Trinajstić information content (AvgIpc) is 3.85. The SMILES string of the molecule is CC1(C)CCC(C)(C)c2cc3c(cc21)c1cc2c4ccccc4n(-c4ccccc4)c2cc1n3-c1nc(-c2cccc(-c3ccc4ccccc4c3)c2)nc(-c2cccc3ccccc23)n1. The lowest BCUT2D eigenvalue weighted by Crippen LogP contribution is -2.33. The van der Waals surface area contributed by atoms with Crippen molar-refractivity contribution in [2.45, 2.75) is 51.4 Å². The van der Waals surface area contributed by atoms with E-state index in [4.69, 9.17) is 15.0 Å². The van der Waals surface area contributed by atoms with Crippen molar-refractivity contribution < 1.29 is 0 Å². The Kier molecular flexibility index (Phi) is 8.36. The van der Waals surface area contributed by atoms with Crippen LogP contribution in [0.4, 0.5) is 0 Å². The van der Waals surface area contributed by atoms with Gasteiger partial charge in [0.15, 0.2) is 11.6 Å². The zero-order valence-corrected chi connectivity index (χ0v) is 37.5. The van der Waals surface area contributed by atoms with E-state index < -0.39 is 0 Å². The number of nitrogens with zero attached hydrogens (tertiary/aromatic N) is 5. The summed E-state index contributed by atoms with van der Waals surface area (Å²) >= 11 is 0. The number of benzene rings is 9. The van der Waals surface area contributed by atoms with Gasteiger partial charge in [0, 0.05) is 38.4 Å². The fourth-order valence-electron chi connectivity index (χ4n) is 10.9. The first-order valence-electron chi connectivity index (χ1n) is 23.1. The Morgan fingerprint density at radius 3 is 1.79 bits per heavy atom. The van der Waals surface area contributed by atoms with Crippen LogP contribution in [-0.2, 0) is 10.8 Å². The Labute approximate surface area is 383 Å². The highest BCUT2D eigenvalue weighted by molar-refractivity contribution is 6.19. The van der Waals surface area contributed by atoms with E-state index in [1.54, 1.807) is 0 Å². The summed E-state index contributed by atoms with van der Waals surface area (Å²) in [5, 5.41) is 9.51. The zero-order valence-electron chi connectivity index (χ0n) is 37.5. The molecule has 0 saturated carbocycles. The molecule has 12 aromatic rings. The topological polar surface area (TPSA) is 48.5 Å². The third-order valence-electron chi connectivity index (χ3n) is 14.6. The normalized spacial score (nSPS) is 14.5. The van der Waals surface area contributed by atoms with Crippen molar-refractivity contribution in [2.24, 2.45) is 0 Å². The van der Waals surface area contributed by atoms with Gasteiger partial charge in [-0.25, -0.2) is 4.98 Å².